The third-order valence-corrected chi connectivity index (χ3v) is 8.43. The Morgan fingerprint density at radius 1 is 1.14 bits per heavy atom. The van der Waals surface area contributed by atoms with Crippen LogP contribution in [0.1, 0.15) is 37.8 Å². The molecule has 2 heterocycles. The second-order valence-electron chi connectivity index (χ2n) is 9.52. The highest BCUT2D eigenvalue weighted by molar-refractivity contribution is 7.96. The van der Waals surface area contributed by atoms with Crippen LogP contribution in [0.4, 0.5) is 0 Å². The van der Waals surface area contributed by atoms with E-state index in [0.717, 1.165) is 25.9 Å². The van der Waals surface area contributed by atoms with Crippen molar-refractivity contribution < 1.29 is 9.59 Å². The fourth-order valence-electron chi connectivity index (χ4n) is 5.43. The van der Waals surface area contributed by atoms with Gasteiger partial charge in [0.05, 0.1) is 19.0 Å². The number of amides is 2. The van der Waals surface area contributed by atoms with Crippen LogP contribution in [-0.2, 0) is 9.59 Å². The minimum absolute atomic E-state index is 0.0485. The van der Waals surface area contributed by atoms with Crippen molar-refractivity contribution >= 4 is 34.5 Å². The quantitative estimate of drug-likeness (QED) is 0.451. The highest BCUT2D eigenvalue weighted by atomic mass is 32.2. The summed E-state index contributed by atoms with van der Waals surface area (Å²) in [6.45, 7) is 6.09. The Bertz CT molecular complexity index is 1070. The summed E-state index contributed by atoms with van der Waals surface area (Å²) in [5.74, 6) is 2.33. The molecule has 0 bridgehead atoms. The Morgan fingerprint density at radius 3 is 2.63 bits per heavy atom. The highest BCUT2D eigenvalue weighted by Gasteiger charge is 2.33. The van der Waals surface area contributed by atoms with Crippen LogP contribution in [0, 0.1) is 18.3 Å². The smallest absolute Gasteiger partial charge is 0.237 e. The van der Waals surface area contributed by atoms with E-state index in [-0.39, 0.29) is 24.3 Å². The predicted molar refractivity (Wildman–Crippen MR) is 144 cm³/mol. The van der Waals surface area contributed by atoms with Crippen molar-refractivity contribution in [3.05, 3.63) is 48.0 Å². The number of likely N-dealkylation sites (tertiary alicyclic amines) is 2. The normalized spacial score (nSPS) is 20.2. The lowest BCUT2D eigenvalue weighted by molar-refractivity contribution is -0.131. The number of carbonyl (C=O) groups excluding carboxylic acids is 2. The molecule has 2 aromatic carbocycles. The number of carbonyl (C=O) groups is 2. The van der Waals surface area contributed by atoms with Crippen molar-refractivity contribution in [1.29, 1.82) is 0 Å². The first-order valence-corrected chi connectivity index (χ1v) is 13.7. The first kappa shape index (κ1) is 25.6. The largest absolute Gasteiger partial charge is 0.345 e. The minimum atomic E-state index is -0.158. The van der Waals surface area contributed by atoms with Crippen LogP contribution < -0.4 is 5.32 Å². The molecule has 0 saturated carbocycles. The lowest BCUT2D eigenvalue weighted by atomic mass is 9.96. The first-order valence-electron chi connectivity index (χ1n) is 12.5. The molecule has 186 valence electrons. The van der Waals surface area contributed by atoms with Crippen molar-refractivity contribution in [2.24, 2.45) is 5.92 Å². The topological polar surface area (TPSA) is 55.9 Å². The Hall–Kier alpha value is -2.53. The molecular formula is C28H36N4O2S. The van der Waals surface area contributed by atoms with E-state index in [1.54, 1.807) is 11.9 Å². The molecule has 0 aliphatic carbocycles. The van der Waals surface area contributed by atoms with Crippen molar-refractivity contribution in [2.45, 2.75) is 38.3 Å². The van der Waals surface area contributed by atoms with Crippen LogP contribution in [0.15, 0.2) is 42.5 Å². The van der Waals surface area contributed by atoms with Gasteiger partial charge in [0.15, 0.2) is 0 Å². The average Bonchev–Trinajstić information content (AvgIpc) is 3.40. The van der Waals surface area contributed by atoms with Gasteiger partial charge in [0, 0.05) is 38.3 Å². The second kappa shape index (κ2) is 11.9. The van der Waals surface area contributed by atoms with Gasteiger partial charge >= 0.3 is 0 Å². The number of benzene rings is 2. The lowest BCUT2D eigenvalue weighted by Crippen LogP contribution is -2.46. The molecule has 2 aliphatic rings. The third-order valence-electron chi connectivity index (χ3n) is 7.53. The summed E-state index contributed by atoms with van der Waals surface area (Å²) < 4.78 is 2.24. The first-order chi connectivity index (χ1) is 17.0. The molecule has 2 aromatic rings. The molecule has 2 aliphatic heterocycles. The fourth-order valence-corrected chi connectivity index (χ4v) is 6.18. The highest BCUT2D eigenvalue weighted by Crippen LogP contribution is 2.32. The monoisotopic (exact) mass is 492 g/mol. The Kier molecular flexibility index (Phi) is 8.72. The van der Waals surface area contributed by atoms with Gasteiger partial charge in [-0.15, -0.1) is 6.42 Å². The average molecular weight is 493 g/mol. The Balaban J connectivity index is 1.30. The van der Waals surface area contributed by atoms with E-state index >= 15 is 0 Å². The lowest BCUT2D eigenvalue weighted by Gasteiger charge is -2.40. The Morgan fingerprint density at radius 2 is 1.89 bits per heavy atom. The van der Waals surface area contributed by atoms with E-state index in [2.05, 4.69) is 76.1 Å². The third kappa shape index (κ3) is 6.00. The van der Waals surface area contributed by atoms with E-state index in [4.69, 9.17) is 6.42 Å². The molecular weight excluding hydrogens is 456 g/mol. The second-order valence-corrected chi connectivity index (χ2v) is 10.4. The summed E-state index contributed by atoms with van der Waals surface area (Å²) in [6.07, 6.45) is 10.1. The van der Waals surface area contributed by atoms with Gasteiger partial charge in [-0.25, -0.2) is 4.31 Å². The van der Waals surface area contributed by atoms with Crippen molar-refractivity contribution in [3.8, 4) is 12.3 Å². The van der Waals surface area contributed by atoms with Crippen molar-refractivity contribution in [1.82, 2.24) is 19.4 Å². The maximum Gasteiger partial charge on any atom is 0.237 e. The molecule has 2 unspecified atom stereocenters. The Labute approximate surface area is 213 Å². The van der Waals surface area contributed by atoms with Crippen LogP contribution in [0.3, 0.4) is 0 Å². The summed E-state index contributed by atoms with van der Waals surface area (Å²) in [7, 11) is 0. The molecule has 7 heteroatoms. The predicted octanol–water partition coefficient (Wildman–Crippen LogP) is 3.54. The zero-order valence-corrected chi connectivity index (χ0v) is 21.6. The molecule has 6 nitrogen and oxygen atoms in total. The SMILES string of the molecule is C#CCNC(=O)C1CCN(C(=O)CN(SC)C2CCN(C(C)c3cccc4ccccc34)CC2)C1. The number of fused-ring (bicyclic) bond motifs is 1. The number of piperidine rings is 1. The van der Waals surface area contributed by atoms with E-state index in [9.17, 15) is 9.59 Å². The van der Waals surface area contributed by atoms with Crippen molar-refractivity contribution in [2.75, 3.05) is 45.5 Å². The van der Waals surface area contributed by atoms with Gasteiger partial charge < -0.3 is 10.2 Å². The van der Waals surface area contributed by atoms with Crippen molar-refractivity contribution in [3.63, 3.8) is 0 Å². The maximum atomic E-state index is 13.0. The van der Waals surface area contributed by atoms with Gasteiger partial charge in [0.2, 0.25) is 11.8 Å². The number of nitrogens with zero attached hydrogens (tertiary/aromatic N) is 3. The van der Waals surface area contributed by atoms with Gasteiger partial charge in [-0.2, -0.15) is 0 Å². The minimum Gasteiger partial charge on any atom is -0.345 e. The van der Waals surface area contributed by atoms with Crippen LogP contribution in [0.2, 0.25) is 0 Å². The molecule has 0 aromatic heterocycles. The number of rotatable bonds is 8. The zero-order chi connectivity index (χ0) is 24.8. The van der Waals surface area contributed by atoms with Gasteiger partial charge in [-0.1, -0.05) is 60.3 Å². The molecule has 2 amide bonds. The molecule has 35 heavy (non-hydrogen) atoms. The number of hydrogen-bond acceptors (Lipinski definition) is 5. The van der Waals surface area contributed by atoms with Gasteiger partial charge in [-0.05, 0) is 48.8 Å². The summed E-state index contributed by atoms with van der Waals surface area (Å²) in [5.41, 5.74) is 1.38. The van der Waals surface area contributed by atoms with E-state index < -0.39 is 0 Å². The molecule has 2 saturated heterocycles. The van der Waals surface area contributed by atoms with Gasteiger partial charge in [0.1, 0.15) is 0 Å². The maximum absolute atomic E-state index is 13.0. The number of nitrogens with one attached hydrogen (secondary N) is 1. The molecule has 2 atom stereocenters. The fraction of sp³-hybridized carbons (Fsp3) is 0.500. The molecule has 4 rings (SSSR count). The summed E-state index contributed by atoms with van der Waals surface area (Å²) in [4.78, 5) is 29.6. The summed E-state index contributed by atoms with van der Waals surface area (Å²) in [5, 5.41) is 5.36. The summed E-state index contributed by atoms with van der Waals surface area (Å²) >= 11 is 1.66. The van der Waals surface area contributed by atoms with Crippen LogP contribution >= 0.6 is 11.9 Å². The van der Waals surface area contributed by atoms with E-state index in [0.29, 0.717) is 38.1 Å². The molecule has 0 radical (unpaired) electrons. The zero-order valence-electron chi connectivity index (χ0n) is 20.8. The molecule has 2 fully saturated rings. The van der Waals surface area contributed by atoms with E-state index in [1.165, 1.54) is 16.3 Å². The standard InChI is InChI=1S/C28H36N4O2S/c1-4-15-29-28(34)23-12-16-31(19-23)27(33)20-32(35-3)24-13-17-30(18-14-24)21(2)25-11-7-9-22-8-5-6-10-26(22)25/h1,5-11,21,23-24H,12-20H2,2-3H3,(H,29,34). The summed E-state index contributed by atoms with van der Waals surface area (Å²) in [6, 6.07) is 15.9. The number of terminal acetylenes is 1. The molecule has 0 spiro atoms. The van der Waals surface area contributed by atoms with Crippen LogP contribution in [0.25, 0.3) is 10.8 Å². The van der Waals surface area contributed by atoms with E-state index in [1.807, 2.05) is 4.90 Å². The van der Waals surface area contributed by atoms with Crippen LogP contribution in [-0.4, -0.2) is 77.5 Å². The number of hydrogen-bond donors (Lipinski definition) is 1. The van der Waals surface area contributed by atoms with Gasteiger partial charge in [-0.3, -0.25) is 14.5 Å². The molecule has 1 N–H and O–H groups in total. The van der Waals surface area contributed by atoms with Gasteiger partial charge in [0.25, 0.3) is 0 Å². The van der Waals surface area contributed by atoms with Crippen LogP contribution in [0.5, 0.6) is 0 Å².